The van der Waals surface area contributed by atoms with Gasteiger partial charge in [0.25, 0.3) is 5.91 Å². The minimum atomic E-state index is -0.400. The fourth-order valence-corrected chi connectivity index (χ4v) is 3.94. The molecule has 2 aromatic rings. The SMILES string of the molecule is C=C(c1cc2c(cc1F)OCC(=O)N2)N1CC(COc2ccccc2C2CC2)C1. The quantitative estimate of drug-likeness (QED) is 0.804. The Balaban J connectivity index is 1.20. The normalized spacial score (nSPS) is 18.4. The average Bonchev–Trinajstić information content (AvgIpc) is 3.52. The van der Waals surface area contributed by atoms with Gasteiger partial charge in [-0.15, -0.1) is 0 Å². The van der Waals surface area contributed by atoms with Crippen molar-refractivity contribution in [1.82, 2.24) is 4.90 Å². The zero-order valence-electron chi connectivity index (χ0n) is 16.1. The van der Waals surface area contributed by atoms with Gasteiger partial charge in [-0.2, -0.15) is 0 Å². The highest BCUT2D eigenvalue weighted by molar-refractivity contribution is 5.96. The molecule has 2 fully saturated rings. The lowest BCUT2D eigenvalue weighted by Gasteiger charge is -2.42. The Morgan fingerprint density at radius 2 is 2.07 bits per heavy atom. The molecule has 0 unspecified atom stereocenters. The van der Waals surface area contributed by atoms with Crippen molar-refractivity contribution in [2.24, 2.45) is 5.92 Å². The summed E-state index contributed by atoms with van der Waals surface area (Å²) >= 11 is 0. The third kappa shape index (κ3) is 3.55. The second kappa shape index (κ2) is 7.10. The van der Waals surface area contributed by atoms with Crippen molar-refractivity contribution in [3.8, 4) is 11.5 Å². The standard InChI is InChI=1S/C23H23FN2O3/c1-14(18-8-20-22(9-19(18)24)29-13-23(27)25-20)26-10-15(11-26)12-28-21-5-3-2-4-17(21)16-6-7-16/h2-5,8-9,15-16H,1,6-7,10-13H2,(H,25,27). The van der Waals surface area contributed by atoms with Gasteiger partial charge in [-0.25, -0.2) is 4.39 Å². The van der Waals surface area contributed by atoms with Crippen molar-refractivity contribution < 1.29 is 18.7 Å². The van der Waals surface area contributed by atoms with Crippen molar-refractivity contribution in [2.75, 3.05) is 31.6 Å². The van der Waals surface area contributed by atoms with Crippen molar-refractivity contribution in [2.45, 2.75) is 18.8 Å². The Morgan fingerprint density at radius 3 is 2.86 bits per heavy atom. The van der Waals surface area contributed by atoms with E-state index in [1.807, 2.05) is 17.0 Å². The zero-order valence-corrected chi connectivity index (χ0v) is 16.1. The molecule has 0 aromatic heterocycles. The maximum Gasteiger partial charge on any atom is 0.262 e. The first kappa shape index (κ1) is 18.0. The summed E-state index contributed by atoms with van der Waals surface area (Å²) in [7, 11) is 0. The minimum Gasteiger partial charge on any atom is -0.493 e. The number of nitrogens with one attached hydrogen (secondary N) is 1. The monoisotopic (exact) mass is 394 g/mol. The summed E-state index contributed by atoms with van der Waals surface area (Å²) in [6.07, 6.45) is 2.49. The lowest BCUT2D eigenvalue weighted by molar-refractivity contribution is -0.118. The second-order valence-corrected chi connectivity index (χ2v) is 8.01. The summed E-state index contributed by atoms with van der Waals surface area (Å²) in [6, 6.07) is 11.2. The first-order valence-corrected chi connectivity index (χ1v) is 10.0. The fraction of sp³-hybridized carbons (Fsp3) is 0.348. The van der Waals surface area contributed by atoms with Gasteiger partial charge in [-0.05, 0) is 36.5 Å². The molecule has 0 bridgehead atoms. The molecule has 150 valence electrons. The van der Waals surface area contributed by atoms with E-state index < -0.39 is 5.82 Å². The third-order valence-corrected chi connectivity index (χ3v) is 5.76. The predicted molar refractivity (Wildman–Crippen MR) is 109 cm³/mol. The maximum atomic E-state index is 14.5. The molecule has 1 saturated heterocycles. The molecule has 1 aliphatic carbocycles. The lowest BCUT2D eigenvalue weighted by atomic mass is 9.98. The van der Waals surface area contributed by atoms with E-state index in [-0.39, 0.29) is 12.5 Å². The molecule has 5 nitrogen and oxygen atoms in total. The van der Waals surface area contributed by atoms with E-state index in [1.54, 1.807) is 6.07 Å². The Hall–Kier alpha value is -3.02. The Bertz CT molecular complexity index is 980. The van der Waals surface area contributed by atoms with E-state index in [0.29, 0.717) is 41.1 Å². The van der Waals surface area contributed by atoms with E-state index in [0.717, 1.165) is 18.8 Å². The van der Waals surface area contributed by atoms with E-state index in [9.17, 15) is 9.18 Å². The number of hydrogen-bond acceptors (Lipinski definition) is 4. The van der Waals surface area contributed by atoms with Crippen molar-refractivity contribution >= 4 is 17.3 Å². The van der Waals surface area contributed by atoms with Crippen LogP contribution in [-0.4, -0.2) is 37.1 Å². The predicted octanol–water partition coefficient (Wildman–Crippen LogP) is 4.02. The number of halogens is 1. The number of likely N-dealkylation sites (tertiary alicyclic amines) is 1. The molecule has 0 atom stereocenters. The molecule has 29 heavy (non-hydrogen) atoms. The van der Waals surface area contributed by atoms with E-state index in [2.05, 4.69) is 24.0 Å². The van der Waals surface area contributed by atoms with Crippen LogP contribution in [0.25, 0.3) is 5.70 Å². The number of para-hydroxylation sites is 1. The largest absolute Gasteiger partial charge is 0.493 e. The number of amides is 1. The molecule has 0 radical (unpaired) electrons. The van der Waals surface area contributed by atoms with Gasteiger partial charge >= 0.3 is 0 Å². The Kier molecular flexibility index (Phi) is 4.42. The highest BCUT2D eigenvalue weighted by Gasteiger charge is 2.32. The van der Waals surface area contributed by atoms with Crippen LogP contribution in [0.4, 0.5) is 10.1 Å². The molecule has 1 amide bonds. The molecule has 1 N–H and O–H groups in total. The number of anilines is 1. The molecular weight excluding hydrogens is 371 g/mol. The number of hydrogen-bond donors (Lipinski definition) is 1. The highest BCUT2D eigenvalue weighted by Crippen LogP contribution is 2.44. The minimum absolute atomic E-state index is 0.0928. The van der Waals surface area contributed by atoms with Gasteiger partial charge in [0.1, 0.15) is 17.3 Å². The number of nitrogens with zero attached hydrogens (tertiary/aromatic N) is 1. The molecular formula is C23H23FN2O3. The molecule has 5 rings (SSSR count). The van der Waals surface area contributed by atoms with Crippen molar-refractivity contribution in [3.63, 3.8) is 0 Å². The van der Waals surface area contributed by atoms with Gasteiger partial charge in [0, 0.05) is 36.3 Å². The van der Waals surface area contributed by atoms with E-state index in [1.165, 1.54) is 24.5 Å². The molecule has 2 heterocycles. The van der Waals surface area contributed by atoms with Crippen molar-refractivity contribution in [1.29, 1.82) is 0 Å². The topological polar surface area (TPSA) is 50.8 Å². The molecule has 6 heteroatoms. The second-order valence-electron chi connectivity index (χ2n) is 8.01. The molecule has 3 aliphatic rings. The summed E-state index contributed by atoms with van der Waals surface area (Å²) in [4.78, 5) is 13.6. The summed E-state index contributed by atoms with van der Waals surface area (Å²) in [6.45, 7) is 6.15. The number of ether oxygens (including phenoxy) is 2. The number of rotatable bonds is 6. The first-order chi connectivity index (χ1) is 14.1. The van der Waals surface area contributed by atoms with Crippen LogP contribution in [0.5, 0.6) is 11.5 Å². The van der Waals surface area contributed by atoms with Crippen LogP contribution in [0.1, 0.15) is 29.9 Å². The molecule has 2 aliphatic heterocycles. The van der Waals surface area contributed by atoms with Gasteiger partial charge in [-0.3, -0.25) is 4.79 Å². The first-order valence-electron chi connectivity index (χ1n) is 10.0. The van der Waals surface area contributed by atoms with Crippen LogP contribution in [0.15, 0.2) is 43.0 Å². The van der Waals surface area contributed by atoms with Gasteiger partial charge in [-0.1, -0.05) is 24.8 Å². The van der Waals surface area contributed by atoms with Crippen LogP contribution >= 0.6 is 0 Å². The summed E-state index contributed by atoms with van der Waals surface area (Å²) in [5.74, 6) is 1.73. The van der Waals surface area contributed by atoms with Crippen LogP contribution in [0.3, 0.4) is 0 Å². The maximum absolute atomic E-state index is 14.5. The summed E-state index contributed by atoms with van der Waals surface area (Å²) in [5.41, 5.74) is 2.79. The lowest BCUT2D eigenvalue weighted by Crippen LogP contribution is -2.47. The Labute approximate surface area is 169 Å². The Morgan fingerprint density at radius 1 is 1.28 bits per heavy atom. The van der Waals surface area contributed by atoms with Crippen LogP contribution in [0, 0.1) is 11.7 Å². The molecule has 1 saturated carbocycles. The summed E-state index contributed by atoms with van der Waals surface area (Å²) in [5, 5.41) is 2.71. The van der Waals surface area contributed by atoms with Crippen LogP contribution in [0.2, 0.25) is 0 Å². The van der Waals surface area contributed by atoms with E-state index >= 15 is 0 Å². The van der Waals surface area contributed by atoms with Gasteiger partial charge in [0.15, 0.2) is 6.61 Å². The number of benzene rings is 2. The fourth-order valence-electron chi connectivity index (χ4n) is 3.94. The third-order valence-electron chi connectivity index (χ3n) is 5.76. The number of carbonyl (C=O) groups excluding carboxylic acids is 1. The molecule has 2 aromatic carbocycles. The number of carbonyl (C=O) groups is 1. The van der Waals surface area contributed by atoms with Crippen LogP contribution in [-0.2, 0) is 4.79 Å². The smallest absolute Gasteiger partial charge is 0.262 e. The zero-order chi connectivity index (χ0) is 20.0. The molecule has 0 spiro atoms. The average molecular weight is 394 g/mol. The van der Waals surface area contributed by atoms with Gasteiger partial charge < -0.3 is 19.7 Å². The highest BCUT2D eigenvalue weighted by atomic mass is 19.1. The van der Waals surface area contributed by atoms with E-state index in [4.69, 9.17) is 9.47 Å². The summed E-state index contributed by atoms with van der Waals surface area (Å²) < 4.78 is 25.9. The number of fused-ring (bicyclic) bond motifs is 1. The van der Waals surface area contributed by atoms with Crippen LogP contribution < -0.4 is 14.8 Å². The van der Waals surface area contributed by atoms with Gasteiger partial charge in [0.2, 0.25) is 0 Å². The van der Waals surface area contributed by atoms with Crippen molar-refractivity contribution in [3.05, 3.63) is 59.9 Å². The van der Waals surface area contributed by atoms with Gasteiger partial charge in [0.05, 0.1) is 12.3 Å².